The molecular formula is C18H15ClF2N2O3. The third kappa shape index (κ3) is 3.89. The van der Waals surface area contributed by atoms with E-state index >= 15 is 0 Å². The standard InChI is InChI=1S/C18H15ClF2N2O3/c19-14-5-11(6-22-18(14)26-10-16(20)21)7-23-8-12-3-1-2-4-13(12)17(23)15(25)9-24/h1-6,9,16-17H,7-8,10H2. The molecule has 8 heteroatoms. The van der Waals surface area contributed by atoms with Gasteiger partial charge in [-0.3, -0.25) is 14.5 Å². The highest BCUT2D eigenvalue weighted by Crippen LogP contribution is 2.35. The summed E-state index contributed by atoms with van der Waals surface area (Å²) in [4.78, 5) is 28.9. The molecule has 2 aromatic rings. The van der Waals surface area contributed by atoms with E-state index < -0.39 is 24.9 Å². The Bertz CT molecular complexity index is 832. The Labute approximate surface area is 153 Å². The average molecular weight is 381 g/mol. The molecule has 0 amide bonds. The lowest BCUT2D eigenvalue weighted by atomic mass is 10.0. The Kier molecular flexibility index (Phi) is 5.58. The molecule has 1 unspecified atom stereocenters. The maximum absolute atomic E-state index is 12.2. The summed E-state index contributed by atoms with van der Waals surface area (Å²) in [5.74, 6) is -0.591. The predicted octanol–water partition coefficient (Wildman–Crippen LogP) is 3.20. The average Bonchev–Trinajstić information content (AvgIpc) is 2.98. The number of hydrogen-bond donors (Lipinski definition) is 0. The quantitative estimate of drug-likeness (QED) is 0.545. The zero-order chi connectivity index (χ0) is 18.7. The number of benzene rings is 1. The SMILES string of the molecule is O=CC(=O)C1c2ccccc2CN1Cc1cnc(OCC(F)F)c(Cl)c1. The van der Waals surface area contributed by atoms with Crippen LogP contribution in [0.1, 0.15) is 22.7 Å². The third-order valence-electron chi connectivity index (χ3n) is 4.07. The summed E-state index contributed by atoms with van der Waals surface area (Å²) in [5.41, 5.74) is 2.46. The van der Waals surface area contributed by atoms with Crippen molar-refractivity contribution in [3.05, 3.63) is 58.2 Å². The van der Waals surface area contributed by atoms with Crippen LogP contribution >= 0.6 is 11.6 Å². The lowest BCUT2D eigenvalue weighted by Crippen LogP contribution is -2.28. The normalized spacial score (nSPS) is 16.5. The van der Waals surface area contributed by atoms with Crippen LogP contribution in [-0.2, 0) is 22.7 Å². The number of halogens is 3. The molecule has 1 aromatic carbocycles. The van der Waals surface area contributed by atoms with Gasteiger partial charge in [0.05, 0.1) is 0 Å². The first-order chi connectivity index (χ1) is 12.5. The molecule has 3 rings (SSSR count). The molecule has 1 atom stereocenters. The molecule has 0 fully saturated rings. The predicted molar refractivity (Wildman–Crippen MR) is 90.2 cm³/mol. The summed E-state index contributed by atoms with van der Waals surface area (Å²) >= 11 is 6.04. The number of Topliss-reactive ketones (excluding diaryl/α,β-unsaturated/α-hetero) is 1. The molecule has 26 heavy (non-hydrogen) atoms. The minimum atomic E-state index is -2.62. The van der Waals surface area contributed by atoms with Gasteiger partial charge in [0.1, 0.15) is 11.1 Å². The number of fused-ring (bicyclic) bond motifs is 1. The van der Waals surface area contributed by atoms with E-state index in [1.807, 2.05) is 29.2 Å². The highest BCUT2D eigenvalue weighted by Gasteiger charge is 2.34. The van der Waals surface area contributed by atoms with E-state index in [1.165, 1.54) is 6.20 Å². The van der Waals surface area contributed by atoms with Crippen LogP contribution < -0.4 is 4.74 Å². The van der Waals surface area contributed by atoms with E-state index in [-0.39, 0.29) is 10.9 Å². The molecule has 0 saturated heterocycles. The lowest BCUT2D eigenvalue weighted by molar-refractivity contribution is -0.133. The van der Waals surface area contributed by atoms with Crippen molar-refractivity contribution in [3.63, 3.8) is 0 Å². The summed E-state index contributed by atoms with van der Waals surface area (Å²) in [5, 5.41) is 0.109. The second-order valence-corrected chi connectivity index (χ2v) is 6.27. The summed E-state index contributed by atoms with van der Waals surface area (Å²) in [6.45, 7) is 0.0336. The van der Waals surface area contributed by atoms with E-state index in [0.717, 1.165) is 11.1 Å². The molecule has 0 radical (unpaired) electrons. The lowest BCUT2D eigenvalue weighted by Gasteiger charge is -2.22. The number of carbonyl (C=O) groups excluding carboxylic acids is 2. The number of ether oxygens (including phenoxy) is 1. The second kappa shape index (κ2) is 7.88. The van der Waals surface area contributed by atoms with Crippen LogP contribution in [0.3, 0.4) is 0 Å². The van der Waals surface area contributed by atoms with Crippen molar-refractivity contribution in [1.82, 2.24) is 9.88 Å². The van der Waals surface area contributed by atoms with Crippen molar-refractivity contribution in [2.24, 2.45) is 0 Å². The number of rotatable bonds is 7. The fourth-order valence-electron chi connectivity index (χ4n) is 3.03. The van der Waals surface area contributed by atoms with Crippen LogP contribution in [0.25, 0.3) is 0 Å². The Hall–Kier alpha value is -2.38. The summed E-state index contributed by atoms with van der Waals surface area (Å²) in [6.07, 6.45) is -0.838. The monoisotopic (exact) mass is 380 g/mol. The van der Waals surface area contributed by atoms with Gasteiger partial charge in [-0.2, -0.15) is 0 Å². The molecule has 0 bridgehead atoms. The van der Waals surface area contributed by atoms with Crippen molar-refractivity contribution >= 4 is 23.7 Å². The molecule has 5 nitrogen and oxygen atoms in total. The number of hydrogen-bond acceptors (Lipinski definition) is 5. The smallest absolute Gasteiger partial charge is 0.272 e. The van der Waals surface area contributed by atoms with E-state index in [2.05, 4.69) is 4.98 Å². The van der Waals surface area contributed by atoms with Crippen LogP contribution in [0, 0.1) is 0 Å². The van der Waals surface area contributed by atoms with Gasteiger partial charge in [0.25, 0.3) is 6.43 Å². The number of nitrogens with zero attached hydrogens (tertiary/aromatic N) is 2. The van der Waals surface area contributed by atoms with E-state index in [0.29, 0.717) is 24.9 Å². The summed E-state index contributed by atoms with van der Waals surface area (Å²) < 4.78 is 29.3. The molecule has 0 N–H and O–H groups in total. The van der Waals surface area contributed by atoms with Crippen LogP contribution in [0.15, 0.2) is 36.5 Å². The molecule has 0 spiro atoms. The minimum absolute atomic E-state index is 0.0686. The highest BCUT2D eigenvalue weighted by atomic mass is 35.5. The van der Waals surface area contributed by atoms with Crippen LogP contribution in [0.2, 0.25) is 5.02 Å². The van der Waals surface area contributed by atoms with Gasteiger partial charge in [0, 0.05) is 19.3 Å². The van der Waals surface area contributed by atoms with Crippen molar-refractivity contribution in [2.75, 3.05) is 6.61 Å². The largest absolute Gasteiger partial charge is 0.471 e. The topological polar surface area (TPSA) is 59.5 Å². The first-order valence-corrected chi connectivity index (χ1v) is 8.23. The number of ketones is 1. The van der Waals surface area contributed by atoms with Crippen molar-refractivity contribution in [3.8, 4) is 5.88 Å². The number of aldehydes is 1. The maximum Gasteiger partial charge on any atom is 0.272 e. The number of pyridine rings is 1. The van der Waals surface area contributed by atoms with Gasteiger partial charge in [0.2, 0.25) is 11.7 Å². The first kappa shape index (κ1) is 18.4. The van der Waals surface area contributed by atoms with E-state index in [4.69, 9.17) is 16.3 Å². The van der Waals surface area contributed by atoms with Crippen LogP contribution in [0.5, 0.6) is 5.88 Å². The molecule has 1 aromatic heterocycles. The number of carbonyl (C=O) groups is 2. The molecule has 136 valence electrons. The molecule has 0 saturated carbocycles. The van der Waals surface area contributed by atoms with Gasteiger partial charge < -0.3 is 4.74 Å². The minimum Gasteiger partial charge on any atom is -0.471 e. The third-order valence-corrected chi connectivity index (χ3v) is 4.34. The Balaban J connectivity index is 1.79. The highest BCUT2D eigenvalue weighted by molar-refractivity contribution is 6.31. The van der Waals surface area contributed by atoms with Gasteiger partial charge in [-0.15, -0.1) is 0 Å². The summed E-state index contributed by atoms with van der Waals surface area (Å²) in [7, 11) is 0. The zero-order valence-corrected chi connectivity index (χ0v) is 14.3. The summed E-state index contributed by atoms with van der Waals surface area (Å²) in [6, 6.07) is 8.33. The number of alkyl halides is 2. The van der Waals surface area contributed by atoms with Gasteiger partial charge in [-0.05, 0) is 22.8 Å². The Morgan fingerprint density at radius 3 is 2.88 bits per heavy atom. The molecule has 0 aliphatic carbocycles. The first-order valence-electron chi connectivity index (χ1n) is 7.86. The fraction of sp³-hybridized carbons (Fsp3) is 0.278. The van der Waals surface area contributed by atoms with Crippen molar-refractivity contribution in [2.45, 2.75) is 25.6 Å². The van der Waals surface area contributed by atoms with Gasteiger partial charge in [-0.1, -0.05) is 35.9 Å². The van der Waals surface area contributed by atoms with Gasteiger partial charge in [-0.25, -0.2) is 13.8 Å². The van der Waals surface area contributed by atoms with Crippen molar-refractivity contribution in [1.29, 1.82) is 0 Å². The number of aromatic nitrogens is 1. The van der Waals surface area contributed by atoms with E-state index in [1.54, 1.807) is 6.07 Å². The van der Waals surface area contributed by atoms with Crippen LogP contribution in [-0.4, -0.2) is 35.0 Å². The molecule has 1 aliphatic heterocycles. The van der Waals surface area contributed by atoms with E-state index in [9.17, 15) is 18.4 Å². The Morgan fingerprint density at radius 2 is 2.19 bits per heavy atom. The zero-order valence-electron chi connectivity index (χ0n) is 13.6. The van der Waals surface area contributed by atoms with Gasteiger partial charge in [0.15, 0.2) is 12.9 Å². The molecule has 1 aliphatic rings. The fourth-order valence-corrected chi connectivity index (χ4v) is 3.27. The second-order valence-electron chi connectivity index (χ2n) is 5.86. The van der Waals surface area contributed by atoms with Crippen LogP contribution in [0.4, 0.5) is 8.78 Å². The van der Waals surface area contributed by atoms with Gasteiger partial charge >= 0.3 is 0 Å². The maximum atomic E-state index is 12.2. The molecular weight excluding hydrogens is 366 g/mol. The van der Waals surface area contributed by atoms with Crippen molar-refractivity contribution < 1.29 is 23.1 Å². The Morgan fingerprint density at radius 1 is 1.42 bits per heavy atom. The molecule has 2 heterocycles.